The molecule has 0 aliphatic heterocycles. The maximum atomic E-state index is 11.2. The maximum absolute atomic E-state index is 11.2. The van der Waals surface area contributed by atoms with Gasteiger partial charge < -0.3 is 25.7 Å². The van der Waals surface area contributed by atoms with Crippen molar-refractivity contribution >= 4 is 11.6 Å². The van der Waals surface area contributed by atoms with Gasteiger partial charge in [0.25, 0.3) is 0 Å². The molecule has 0 unspecified atom stereocenters. The molecule has 0 spiro atoms. The Balaban J connectivity index is 2.47. The Bertz CT molecular complexity index is 648. The van der Waals surface area contributed by atoms with Gasteiger partial charge >= 0.3 is 0 Å². The smallest absolute Gasteiger partial charge is 0.248 e. The van der Waals surface area contributed by atoms with Crippen LogP contribution in [0, 0.1) is 0 Å². The van der Waals surface area contributed by atoms with Gasteiger partial charge in [0.05, 0.1) is 19.9 Å². The molecule has 4 N–H and O–H groups in total. The standard InChI is InChI=1S/C15H16N2O4/c1-19-11-4-3-5-12(20-2)14(11)21-13-8-9(15(17)18)6-7-10(13)16/h3-8H,16H2,1-2H3,(H2,17,18). The highest BCUT2D eigenvalue weighted by atomic mass is 16.5. The predicted octanol–water partition coefficient (Wildman–Crippen LogP) is 2.18. The minimum Gasteiger partial charge on any atom is -0.493 e. The molecule has 0 bridgehead atoms. The number of rotatable bonds is 5. The summed E-state index contributed by atoms with van der Waals surface area (Å²) in [6.45, 7) is 0. The van der Waals surface area contributed by atoms with Gasteiger partial charge in [0.2, 0.25) is 11.7 Å². The summed E-state index contributed by atoms with van der Waals surface area (Å²) in [6.07, 6.45) is 0. The molecule has 2 rings (SSSR count). The highest BCUT2D eigenvalue weighted by Gasteiger charge is 2.15. The first kappa shape index (κ1) is 14.5. The van der Waals surface area contributed by atoms with E-state index in [1.54, 1.807) is 24.3 Å². The first-order valence-electron chi connectivity index (χ1n) is 6.15. The summed E-state index contributed by atoms with van der Waals surface area (Å²) >= 11 is 0. The molecule has 110 valence electrons. The van der Waals surface area contributed by atoms with Gasteiger partial charge in [-0.25, -0.2) is 0 Å². The lowest BCUT2D eigenvalue weighted by molar-refractivity contribution is 0.1000. The van der Waals surface area contributed by atoms with Gasteiger partial charge in [0.15, 0.2) is 17.2 Å². The molecule has 6 nitrogen and oxygen atoms in total. The number of anilines is 1. The van der Waals surface area contributed by atoms with Crippen molar-refractivity contribution in [3.8, 4) is 23.0 Å². The van der Waals surface area contributed by atoms with Crippen molar-refractivity contribution in [1.29, 1.82) is 0 Å². The summed E-state index contributed by atoms with van der Waals surface area (Å²) < 4.78 is 16.2. The summed E-state index contributed by atoms with van der Waals surface area (Å²) in [5.74, 6) is 1.08. The van der Waals surface area contributed by atoms with Crippen molar-refractivity contribution in [2.45, 2.75) is 0 Å². The average molecular weight is 288 g/mol. The third-order valence-corrected chi connectivity index (χ3v) is 2.89. The number of para-hydroxylation sites is 1. The van der Waals surface area contributed by atoms with Crippen LogP contribution in [0.15, 0.2) is 36.4 Å². The third kappa shape index (κ3) is 3.00. The summed E-state index contributed by atoms with van der Waals surface area (Å²) in [5.41, 5.74) is 11.8. The first-order chi connectivity index (χ1) is 10.1. The monoisotopic (exact) mass is 288 g/mol. The van der Waals surface area contributed by atoms with Crippen LogP contribution in [0.4, 0.5) is 5.69 Å². The minimum absolute atomic E-state index is 0.299. The quantitative estimate of drug-likeness (QED) is 0.822. The second kappa shape index (κ2) is 6.04. The predicted molar refractivity (Wildman–Crippen MR) is 79.0 cm³/mol. The third-order valence-electron chi connectivity index (χ3n) is 2.89. The number of primary amides is 1. The van der Waals surface area contributed by atoms with E-state index >= 15 is 0 Å². The molecule has 0 aromatic heterocycles. The van der Waals surface area contributed by atoms with Crippen LogP contribution in [0.2, 0.25) is 0 Å². The number of carbonyl (C=O) groups excluding carboxylic acids is 1. The summed E-state index contributed by atoms with van der Waals surface area (Å²) in [5, 5.41) is 0. The molecule has 2 aromatic rings. The van der Waals surface area contributed by atoms with Gasteiger partial charge in [0.1, 0.15) is 0 Å². The second-order valence-electron chi connectivity index (χ2n) is 4.21. The van der Waals surface area contributed by atoms with E-state index in [-0.39, 0.29) is 0 Å². The lowest BCUT2D eigenvalue weighted by Gasteiger charge is -2.15. The van der Waals surface area contributed by atoms with Crippen molar-refractivity contribution in [1.82, 2.24) is 0 Å². The highest BCUT2D eigenvalue weighted by molar-refractivity contribution is 5.93. The fraction of sp³-hybridized carbons (Fsp3) is 0.133. The molecular formula is C15H16N2O4. The molecule has 0 radical (unpaired) electrons. The van der Waals surface area contributed by atoms with Gasteiger partial charge in [-0.1, -0.05) is 6.07 Å². The molecule has 0 aliphatic rings. The Kier molecular flexibility index (Phi) is 4.18. The highest BCUT2D eigenvalue weighted by Crippen LogP contribution is 2.41. The molecule has 6 heteroatoms. The Morgan fingerprint density at radius 1 is 1.00 bits per heavy atom. The molecule has 0 saturated heterocycles. The largest absolute Gasteiger partial charge is 0.493 e. The van der Waals surface area contributed by atoms with Gasteiger partial charge in [-0.3, -0.25) is 4.79 Å². The Hall–Kier alpha value is -2.89. The number of ether oxygens (including phenoxy) is 3. The SMILES string of the molecule is COc1cccc(OC)c1Oc1cc(C(N)=O)ccc1N. The van der Waals surface area contributed by atoms with Crippen LogP contribution in [-0.4, -0.2) is 20.1 Å². The number of benzene rings is 2. The number of methoxy groups -OCH3 is 2. The van der Waals surface area contributed by atoms with Crippen LogP contribution in [0.3, 0.4) is 0 Å². The van der Waals surface area contributed by atoms with Crippen LogP contribution in [0.1, 0.15) is 10.4 Å². The fourth-order valence-corrected chi connectivity index (χ4v) is 1.80. The fourth-order valence-electron chi connectivity index (χ4n) is 1.80. The lowest BCUT2D eigenvalue weighted by atomic mass is 10.2. The number of amides is 1. The molecule has 0 saturated carbocycles. The van der Waals surface area contributed by atoms with Crippen LogP contribution in [0.25, 0.3) is 0 Å². The maximum Gasteiger partial charge on any atom is 0.248 e. The van der Waals surface area contributed by atoms with E-state index in [1.807, 2.05) is 0 Å². The van der Waals surface area contributed by atoms with Crippen molar-refractivity contribution in [2.75, 3.05) is 20.0 Å². The van der Waals surface area contributed by atoms with E-state index in [0.717, 1.165) is 0 Å². The van der Waals surface area contributed by atoms with Gasteiger partial charge in [-0.15, -0.1) is 0 Å². The van der Waals surface area contributed by atoms with E-state index in [0.29, 0.717) is 34.2 Å². The van der Waals surface area contributed by atoms with Crippen molar-refractivity contribution < 1.29 is 19.0 Å². The van der Waals surface area contributed by atoms with Gasteiger partial charge in [-0.2, -0.15) is 0 Å². The van der Waals surface area contributed by atoms with E-state index in [2.05, 4.69) is 0 Å². The molecule has 1 amide bonds. The number of hydrogen-bond acceptors (Lipinski definition) is 5. The molecular weight excluding hydrogens is 272 g/mol. The summed E-state index contributed by atoms with van der Waals surface area (Å²) in [4.78, 5) is 11.2. The zero-order valence-corrected chi connectivity index (χ0v) is 11.8. The summed E-state index contributed by atoms with van der Waals surface area (Å²) in [6, 6.07) is 9.79. The zero-order valence-electron chi connectivity index (χ0n) is 11.8. The normalized spacial score (nSPS) is 10.0. The minimum atomic E-state index is -0.563. The van der Waals surface area contributed by atoms with E-state index in [4.69, 9.17) is 25.7 Å². The van der Waals surface area contributed by atoms with E-state index in [9.17, 15) is 4.79 Å². The van der Waals surface area contributed by atoms with Crippen LogP contribution < -0.4 is 25.7 Å². The van der Waals surface area contributed by atoms with E-state index in [1.165, 1.54) is 26.4 Å². The van der Waals surface area contributed by atoms with Gasteiger partial charge in [0, 0.05) is 5.56 Å². The molecule has 0 fully saturated rings. The Morgan fingerprint density at radius 2 is 1.62 bits per heavy atom. The topological polar surface area (TPSA) is 96.8 Å². The summed E-state index contributed by atoms with van der Waals surface area (Å²) in [7, 11) is 3.04. The first-order valence-corrected chi connectivity index (χ1v) is 6.15. The number of carbonyl (C=O) groups is 1. The lowest BCUT2D eigenvalue weighted by Crippen LogP contribution is -2.11. The van der Waals surface area contributed by atoms with Crippen molar-refractivity contribution in [3.05, 3.63) is 42.0 Å². The van der Waals surface area contributed by atoms with Crippen LogP contribution in [-0.2, 0) is 0 Å². The van der Waals surface area contributed by atoms with Crippen LogP contribution >= 0.6 is 0 Å². The molecule has 2 aromatic carbocycles. The van der Waals surface area contributed by atoms with Crippen molar-refractivity contribution in [2.24, 2.45) is 5.73 Å². The number of hydrogen-bond donors (Lipinski definition) is 2. The second-order valence-corrected chi connectivity index (χ2v) is 4.21. The number of nitrogen functional groups attached to an aromatic ring is 1. The Labute approximate surface area is 122 Å². The molecule has 21 heavy (non-hydrogen) atoms. The average Bonchev–Trinajstić information content (AvgIpc) is 2.49. The van der Waals surface area contributed by atoms with Crippen molar-refractivity contribution in [3.63, 3.8) is 0 Å². The Morgan fingerprint density at radius 3 is 2.14 bits per heavy atom. The van der Waals surface area contributed by atoms with Gasteiger partial charge in [-0.05, 0) is 30.3 Å². The number of nitrogens with two attached hydrogens (primary N) is 2. The van der Waals surface area contributed by atoms with Crippen LogP contribution in [0.5, 0.6) is 23.0 Å². The zero-order chi connectivity index (χ0) is 15.4. The molecule has 0 aliphatic carbocycles. The molecule has 0 heterocycles. The van der Waals surface area contributed by atoms with E-state index < -0.39 is 5.91 Å². The molecule has 0 atom stereocenters.